The van der Waals surface area contributed by atoms with Crippen LogP contribution in [-0.4, -0.2) is 30.0 Å². The smallest absolute Gasteiger partial charge is 0.246 e. The van der Waals surface area contributed by atoms with Crippen molar-refractivity contribution in [1.29, 1.82) is 0 Å². The number of aliphatic hydroxyl groups excluding tert-OH is 1. The summed E-state index contributed by atoms with van der Waals surface area (Å²) in [5.41, 5.74) is 1.65. The van der Waals surface area contributed by atoms with Gasteiger partial charge in [0.1, 0.15) is 0 Å². The normalized spacial score (nSPS) is 17.6. The van der Waals surface area contributed by atoms with Crippen molar-refractivity contribution in [3.8, 4) is 0 Å². The third-order valence-corrected chi connectivity index (χ3v) is 2.98. The van der Waals surface area contributed by atoms with Crippen LogP contribution in [0.15, 0.2) is 24.3 Å². The van der Waals surface area contributed by atoms with Gasteiger partial charge < -0.3 is 10.0 Å². The number of nitrogens with zero attached hydrogens (tertiary/aromatic N) is 1. The molecule has 1 atom stereocenters. The summed E-state index contributed by atoms with van der Waals surface area (Å²) in [4.78, 5) is 24.2. The number of anilines is 1. The van der Waals surface area contributed by atoms with Crippen LogP contribution in [-0.2, 0) is 9.59 Å². The predicted octanol–water partition coefficient (Wildman–Crippen LogP) is 0.593. The van der Waals surface area contributed by atoms with Gasteiger partial charge in [-0.15, -0.1) is 0 Å². The zero-order valence-electron chi connectivity index (χ0n) is 10.2. The van der Waals surface area contributed by atoms with Crippen molar-refractivity contribution >= 4 is 17.5 Å². The number of nitrogens with one attached hydrogen (secondary N) is 1. The first-order valence-corrected chi connectivity index (χ1v) is 5.96. The Morgan fingerprint density at radius 3 is 2.28 bits per heavy atom. The molecule has 18 heavy (non-hydrogen) atoms. The van der Waals surface area contributed by atoms with Gasteiger partial charge in [-0.3, -0.25) is 14.9 Å². The maximum Gasteiger partial charge on any atom is 0.246 e. The first kappa shape index (κ1) is 12.6. The molecule has 5 heteroatoms. The highest BCUT2D eigenvalue weighted by Crippen LogP contribution is 2.21. The molecule has 1 unspecified atom stereocenters. The van der Waals surface area contributed by atoms with Crippen molar-refractivity contribution in [2.75, 3.05) is 18.0 Å². The minimum atomic E-state index is -0.467. The Balaban J connectivity index is 2.14. The lowest BCUT2D eigenvalue weighted by molar-refractivity contribution is -0.130. The molecule has 0 radical (unpaired) electrons. The van der Waals surface area contributed by atoms with Crippen LogP contribution >= 0.6 is 0 Å². The molecule has 2 amide bonds. The highest BCUT2D eigenvalue weighted by molar-refractivity contribution is 6.02. The standard InChI is InChI=1S/C13H16N2O3/c1-2-11(16)9-3-5-10(6-4-9)15-7-12(17)14-13(18)8-15/h3-6,11,16H,2,7-8H2,1H3,(H,14,17,18). The average molecular weight is 248 g/mol. The number of amides is 2. The molecule has 2 N–H and O–H groups in total. The number of benzene rings is 1. The molecule has 1 saturated heterocycles. The number of hydrogen-bond acceptors (Lipinski definition) is 4. The van der Waals surface area contributed by atoms with Gasteiger partial charge in [0, 0.05) is 5.69 Å². The Morgan fingerprint density at radius 2 is 1.78 bits per heavy atom. The van der Waals surface area contributed by atoms with Crippen LogP contribution in [0.1, 0.15) is 25.0 Å². The first-order chi connectivity index (χ1) is 8.60. The lowest BCUT2D eigenvalue weighted by Crippen LogP contribution is -2.51. The van der Waals surface area contributed by atoms with Gasteiger partial charge >= 0.3 is 0 Å². The molecule has 2 rings (SSSR count). The molecular weight excluding hydrogens is 232 g/mol. The average Bonchev–Trinajstić information content (AvgIpc) is 2.37. The number of imide groups is 1. The molecule has 0 aliphatic carbocycles. The van der Waals surface area contributed by atoms with Gasteiger partial charge in [0.05, 0.1) is 19.2 Å². The van der Waals surface area contributed by atoms with Gasteiger partial charge in [0.15, 0.2) is 0 Å². The third kappa shape index (κ3) is 2.68. The number of aliphatic hydroxyl groups is 1. The Bertz CT molecular complexity index is 440. The molecular formula is C13H16N2O3. The lowest BCUT2D eigenvalue weighted by atomic mass is 10.1. The monoisotopic (exact) mass is 248 g/mol. The van der Waals surface area contributed by atoms with Crippen molar-refractivity contribution in [3.63, 3.8) is 0 Å². The van der Waals surface area contributed by atoms with E-state index in [0.717, 1.165) is 11.3 Å². The van der Waals surface area contributed by atoms with Gasteiger partial charge in [0.2, 0.25) is 11.8 Å². The van der Waals surface area contributed by atoms with E-state index in [4.69, 9.17) is 0 Å². The van der Waals surface area contributed by atoms with Crippen molar-refractivity contribution in [3.05, 3.63) is 29.8 Å². The number of carbonyl (C=O) groups excluding carboxylic acids is 2. The number of rotatable bonds is 3. The van der Waals surface area contributed by atoms with Gasteiger partial charge in [0.25, 0.3) is 0 Å². The second-order valence-electron chi connectivity index (χ2n) is 4.34. The summed E-state index contributed by atoms with van der Waals surface area (Å²) >= 11 is 0. The van der Waals surface area contributed by atoms with E-state index in [9.17, 15) is 14.7 Å². The largest absolute Gasteiger partial charge is 0.388 e. The maximum absolute atomic E-state index is 11.3. The van der Waals surface area contributed by atoms with Crippen LogP contribution in [0.3, 0.4) is 0 Å². The van der Waals surface area contributed by atoms with Crippen LogP contribution in [0.5, 0.6) is 0 Å². The summed E-state index contributed by atoms with van der Waals surface area (Å²) < 4.78 is 0. The summed E-state index contributed by atoms with van der Waals surface area (Å²) in [6.07, 6.45) is 0.189. The number of hydrogen-bond donors (Lipinski definition) is 2. The Labute approximate surface area is 105 Å². The van der Waals surface area contributed by atoms with Crippen molar-refractivity contribution in [2.45, 2.75) is 19.4 Å². The minimum absolute atomic E-state index is 0.182. The molecule has 1 aliphatic heterocycles. The zero-order valence-corrected chi connectivity index (χ0v) is 10.2. The number of carbonyl (C=O) groups is 2. The van der Waals surface area contributed by atoms with Gasteiger partial charge in [-0.1, -0.05) is 19.1 Å². The fourth-order valence-electron chi connectivity index (χ4n) is 1.96. The van der Waals surface area contributed by atoms with Gasteiger partial charge in [-0.2, -0.15) is 0 Å². The fraction of sp³-hybridized carbons (Fsp3) is 0.385. The molecule has 0 aromatic heterocycles. The highest BCUT2D eigenvalue weighted by atomic mass is 16.3. The van der Waals surface area contributed by atoms with E-state index in [1.54, 1.807) is 4.90 Å². The van der Waals surface area contributed by atoms with E-state index >= 15 is 0 Å². The Morgan fingerprint density at radius 1 is 1.22 bits per heavy atom. The lowest BCUT2D eigenvalue weighted by Gasteiger charge is -2.27. The molecule has 1 heterocycles. The Kier molecular flexibility index (Phi) is 3.62. The molecule has 1 aliphatic rings. The zero-order chi connectivity index (χ0) is 13.1. The predicted molar refractivity (Wildman–Crippen MR) is 67.1 cm³/mol. The van der Waals surface area contributed by atoms with E-state index in [-0.39, 0.29) is 24.9 Å². The quantitative estimate of drug-likeness (QED) is 0.768. The second kappa shape index (κ2) is 5.18. The van der Waals surface area contributed by atoms with E-state index in [2.05, 4.69) is 5.32 Å². The molecule has 0 saturated carbocycles. The molecule has 5 nitrogen and oxygen atoms in total. The highest BCUT2D eigenvalue weighted by Gasteiger charge is 2.22. The molecule has 1 aromatic rings. The molecule has 1 fully saturated rings. The van der Waals surface area contributed by atoms with Gasteiger partial charge in [-0.05, 0) is 24.1 Å². The Hall–Kier alpha value is -1.88. The van der Waals surface area contributed by atoms with Gasteiger partial charge in [-0.25, -0.2) is 0 Å². The molecule has 1 aromatic carbocycles. The SMILES string of the molecule is CCC(O)c1ccc(N2CC(=O)NC(=O)C2)cc1. The summed E-state index contributed by atoms with van der Waals surface area (Å²) in [5.74, 6) is -0.576. The summed E-state index contributed by atoms with van der Waals surface area (Å²) in [6, 6.07) is 7.28. The summed E-state index contributed by atoms with van der Waals surface area (Å²) in [7, 11) is 0. The molecule has 0 bridgehead atoms. The maximum atomic E-state index is 11.3. The van der Waals surface area contributed by atoms with E-state index in [1.807, 2.05) is 31.2 Å². The fourth-order valence-corrected chi connectivity index (χ4v) is 1.96. The minimum Gasteiger partial charge on any atom is -0.388 e. The molecule has 0 spiro atoms. The topological polar surface area (TPSA) is 69.6 Å². The summed E-state index contributed by atoms with van der Waals surface area (Å²) in [5, 5.41) is 11.9. The summed E-state index contributed by atoms with van der Waals surface area (Å²) in [6.45, 7) is 2.27. The number of piperazine rings is 1. The van der Waals surface area contributed by atoms with E-state index < -0.39 is 6.10 Å². The van der Waals surface area contributed by atoms with Crippen molar-refractivity contribution in [1.82, 2.24) is 5.32 Å². The van der Waals surface area contributed by atoms with Crippen LogP contribution in [0, 0.1) is 0 Å². The van der Waals surface area contributed by atoms with Crippen LogP contribution in [0.4, 0.5) is 5.69 Å². The first-order valence-electron chi connectivity index (χ1n) is 5.96. The van der Waals surface area contributed by atoms with Crippen molar-refractivity contribution < 1.29 is 14.7 Å². The molecule has 96 valence electrons. The second-order valence-corrected chi connectivity index (χ2v) is 4.34. The van der Waals surface area contributed by atoms with E-state index in [1.165, 1.54) is 0 Å². The van der Waals surface area contributed by atoms with E-state index in [0.29, 0.717) is 6.42 Å². The third-order valence-electron chi connectivity index (χ3n) is 2.98. The van der Waals surface area contributed by atoms with Crippen LogP contribution in [0.2, 0.25) is 0 Å². The van der Waals surface area contributed by atoms with Crippen molar-refractivity contribution in [2.24, 2.45) is 0 Å². The van der Waals surface area contributed by atoms with Crippen LogP contribution in [0.25, 0.3) is 0 Å². The van der Waals surface area contributed by atoms with Crippen LogP contribution < -0.4 is 10.2 Å².